The number of unbranched alkanes of at least 4 members (excludes halogenated alkanes) is 1. The van der Waals surface area contributed by atoms with E-state index in [0.717, 1.165) is 24.0 Å². The number of amides is 1. The second kappa shape index (κ2) is 12.4. The first-order valence-corrected chi connectivity index (χ1v) is 12.8. The van der Waals surface area contributed by atoms with Crippen LogP contribution in [-0.4, -0.2) is 46.6 Å². The minimum Gasteiger partial charge on any atom is -0.507 e. The molecular weight excluding hydrogens is 482 g/mol. The molecule has 0 bridgehead atoms. The highest BCUT2D eigenvalue weighted by atomic mass is 16.5. The van der Waals surface area contributed by atoms with Crippen molar-refractivity contribution in [3.8, 4) is 11.5 Å². The van der Waals surface area contributed by atoms with Crippen molar-refractivity contribution in [3.63, 3.8) is 0 Å². The molecule has 0 spiro atoms. The maximum Gasteiger partial charge on any atom is 0.295 e. The molecule has 1 aliphatic rings. The number of hydrogen-bond donors (Lipinski definition) is 2. The molecule has 38 heavy (non-hydrogen) atoms. The molecule has 4 rings (SSSR count). The SMILES string of the molecule is CCCCN1C(=O)C(=O)/C(=C(/O)c2ccc(OCc3ccccc3)c(C)c2)C1c1cccc(OCCO)c1. The number of ether oxygens (including phenoxy) is 2. The molecule has 0 aliphatic carbocycles. The second-order valence-corrected chi connectivity index (χ2v) is 9.25. The van der Waals surface area contributed by atoms with Gasteiger partial charge in [-0.1, -0.05) is 55.8 Å². The summed E-state index contributed by atoms with van der Waals surface area (Å²) < 4.78 is 11.5. The Morgan fingerprint density at radius 3 is 2.47 bits per heavy atom. The van der Waals surface area contributed by atoms with Gasteiger partial charge in [0.1, 0.15) is 30.5 Å². The molecule has 1 saturated heterocycles. The van der Waals surface area contributed by atoms with Crippen molar-refractivity contribution in [2.45, 2.75) is 39.3 Å². The van der Waals surface area contributed by atoms with E-state index in [4.69, 9.17) is 14.6 Å². The van der Waals surface area contributed by atoms with Crippen LogP contribution in [0.2, 0.25) is 0 Å². The number of aryl methyl sites for hydroxylation is 1. The lowest BCUT2D eigenvalue weighted by atomic mass is 9.94. The van der Waals surface area contributed by atoms with E-state index >= 15 is 0 Å². The summed E-state index contributed by atoms with van der Waals surface area (Å²) >= 11 is 0. The molecule has 1 atom stereocenters. The van der Waals surface area contributed by atoms with E-state index in [0.29, 0.717) is 35.8 Å². The third kappa shape index (κ3) is 5.89. The van der Waals surface area contributed by atoms with Crippen LogP contribution in [0.5, 0.6) is 11.5 Å². The average Bonchev–Trinajstić information content (AvgIpc) is 3.19. The van der Waals surface area contributed by atoms with Gasteiger partial charge < -0.3 is 24.6 Å². The zero-order chi connectivity index (χ0) is 27.1. The van der Waals surface area contributed by atoms with Gasteiger partial charge in [0.15, 0.2) is 0 Å². The Morgan fingerprint density at radius 2 is 1.76 bits per heavy atom. The molecule has 2 N–H and O–H groups in total. The predicted molar refractivity (Wildman–Crippen MR) is 145 cm³/mol. The first-order chi connectivity index (χ1) is 18.4. The van der Waals surface area contributed by atoms with E-state index in [-0.39, 0.29) is 24.5 Å². The standard InChI is InChI=1S/C31H33NO6/c1-3-4-15-32-28(23-11-8-12-25(19-23)37-17-16-33)27(30(35)31(32)36)29(34)24-13-14-26(21(2)18-24)38-20-22-9-6-5-7-10-22/h5-14,18-19,28,33-34H,3-4,15-17,20H2,1-2H3/b29-27+. The van der Waals surface area contributed by atoms with Crippen LogP contribution in [0.25, 0.3) is 5.76 Å². The summed E-state index contributed by atoms with van der Waals surface area (Å²) in [5.74, 6) is -0.405. The molecule has 3 aromatic carbocycles. The number of aliphatic hydroxyl groups is 2. The predicted octanol–water partition coefficient (Wildman–Crippen LogP) is 5.17. The smallest absolute Gasteiger partial charge is 0.295 e. The van der Waals surface area contributed by atoms with Crippen LogP contribution in [0.4, 0.5) is 0 Å². The monoisotopic (exact) mass is 515 g/mol. The Labute approximate surface area is 222 Å². The maximum absolute atomic E-state index is 13.2. The maximum atomic E-state index is 13.2. The summed E-state index contributed by atoms with van der Waals surface area (Å²) in [5, 5.41) is 20.5. The lowest BCUT2D eigenvalue weighted by molar-refractivity contribution is -0.139. The molecule has 0 aromatic heterocycles. The van der Waals surface area contributed by atoms with Crippen molar-refractivity contribution >= 4 is 17.4 Å². The summed E-state index contributed by atoms with van der Waals surface area (Å²) in [4.78, 5) is 27.9. The Bertz CT molecular complexity index is 1320. The van der Waals surface area contributed by atoms with Gasteiger partial charge in [0.25, 0.3) is 11.7 Å². The number of Topliss-reactive ketones (excluding diaryl/α,β-unsaturated/α-hetero) is 1. The molecule has 1 aliphatic heterocycles. The van der Waals surface area contributed by atoms with Crippen molar-refractivity contribution < 1.29 is 29.3 Å². The summed E-state index contributed by atoms with van der Waals surface area (Å²) in [6.07, 6.45) is 1.57. The molecule has 0 saturated carbocycles. The number of nitrogens with zero attached hydrogens (tertiary/aromatic N) is 1. The molecule has 0 radical (unpaired) electrons. The number of carbonyl (C=O) groups excluding carboxylic acids is 2. The number of benzene rings is 3. The van der Waals surface area contributed by atoms with Gasteiger partial charge in [0, 0.05) is 12.1 Å². The minimum absolute atomic E-state index is 0.0442. The van der Waals surface area contributed by atoms with Crippen LogP contribution in [-0.2, 0) is 16.2 Å². The molecule has 1 heterocycles. The van der Waals surface area contributed by atoms with E-state index in [1.807, 2.05) is 44.2 Å². The number of ketones is 1. The summed E-state index contributed by atoms with van der Waals surface area (Å²) in [7, 11) is 0. The van der Waals surface area contributed by atoms with Crippen LogP contribution in [0.15, 0.2) is 78.4 Å². The quantitative estimate of drug-likeness (QED) is 0.208. The van der Waals surface area contributed by atoms with Crippen molar-refractivity contribution in [1.82, 2.24) is 4.90 Å². The van der Waals surface area contributed by atoms with Gasteiger partial charge in [-0.3, -0.25) is 9.59 Å². The van der Waals surface area contributed by atoms with Crippen LogP contribution in [0.3, 0.4) is 0 Å². The highest BCUT2D eigenvalue weighted by Crippen LogP contribution is 2.40. The van der Waals surface area contributed by atoms with Crippen molar-refractivity contribution in [2.24, 2.45) is 0 Å². The third-order valence-electron chi connectivity index (χ3n) is 6.51. The van der Waals surface area contributed by atoms with Gasteiger partial charge in [-0.15, -0.1) is 0 Å². The number of likely N-dealkylation sites (tertiary alicyclic amines) is 1. The number of aliphatic hydroxyl groups excluding tert-OH is 2. The Morgan fingerprint density at radius 1 is 0.974 bits per heavy atom. The van der Waals surface area contributed by atoms with Gasteiger partial charge in [-0.05, 0) is 60.4 Å². The van der Waals surface area contributed by atoms with E-state index in [9.17, 15) is 14.7 Å². The Hall–Kier alpha value is -4.10. The van der Waals surface area contributed by atoms with Gasteiger partial charge >= 0.3 is 0 Å². The summed E-state index contributed by atoms with van der Waals surface area (Å²) in [6, 6.07) is 21.3. The normalized spacial score (nSPS) is 16.6. The molecule has 1 unspecified atom stereocenters. The number of carbonyl (C=O) groups is 2. The fourth-order valence-corrected chi connectivity index (χ4v) is 4.57. The highest BCUT2D eigenvalue weighted by molar-refractivity contribution is 6.46. The van der Waals surface area contributed by atoms with Crippen molar-refractivity contribution in [1.29, 1.82) is 0 Å². The van der Waals surface area contributed by atoms with Crippen molar-refractivity contribution in [2.75, 3.05) is 19.8 Å². The van der Waals surface area contributed by atoms with Gasteiger partial charge in [-0.2, -0.15) is 0 Å². The average molecular weight is 516 g/mol. The molecule has 7 heteroatoms. The van der Waals surface area contributed by atoms with Crippen LogP contribution >= 0.6 is 0 Å². The van der Waals surface area contributed by atoms with E-state index < -0.39 is 17.7 Å². The van der Waals surface area contributed by atoms with Crippen LogP contribution in [0.1, 0.15) is 48.1 Å². The number of rotatable bonds is 11. The second-order valence-electron chi connectivity index (χ2n) is 9.25. The molecule has 3 aromatic rings. The molecule has 198 valence electrons. The lowest BCUT2D eigenvalue weighted by Gasteiger charge is -2.25. The summed E-state index contributed by atoms with van der Waals surface area (Å²) in [5.41, 5.74) is 2.96. The third-order valence-corrected chi connectivity index (χ3v) is 6.51. The lowest BCUT2D eigenvalue weighted by Crippen LogP contribution is -2.30. The Kier molecular flexibility index (Phi) is 8.81. The first-order valence-electron chi connectivity index (χ1n) is 12.8. The fourth-order valence-electron chi connectivity index (χ4n) is 4.57. The van der Waals surface area contributed by atoms with Crippen LogP contribution in [0, 0.1) is 6.92 Å². The zero-order valence-electron chi connectivity index (χ0n) is 21.7. The van der Waals surface area contributed by atoms with E-state index in [2.05, 4.69) is 0 Å². The van der Waals surface area contributed by atoms with E-state index in [1.54, 1.807) is 42.5 Å². The van der Waals surface area contributed by atoms with Gasteiger partial charge in [0.05, 0.1) is 18.2 Å². The van der Waals surface area contributed by atoms with Crippen molar-refractivity contribution in [3.05, 3.63) is 101 Å². The topological polar surface area (TPSA) is 96.3 Å². The number of hydrogen-bond acceptors (Lipinski definition) is 6. The minimum atomic E-state index is -0.756. The Balaban J connectivity index is 1.70. The van der Waals surface area contributed by atoms with Gasteiger partial charge in [-0.25, -0.2) is 0 Å². The summed E-state index contributed by atoms with van der Waals surface area (Å²) in [6.45, 7) is 4.66. The molecule has 7 nitrogen and oxygen atoms in total. The van der Waals surface area contributed by atoms with Gasteiger partial charge in [0.2, 0.25) is 0 Å². The van der Waals surface area contributed by atoms with E-state index in [1.165, 1.54) is 4.90 Å². The highest BCUT2D eigenvalue weighted by Gasteiger charge is 2.45. The molecular formula is C31H33NO6. The zero-order valence-corrected chi connectivity index (χ0v) is 21.7. The first kappa shape index (κ1) is 26.9. The van der Waals surface area contributed by atoms with Crippen LogP contribution < -0.4 is 9.47 Å². The largest absolute Gasteiger partial charge is 0.507 e. The fraction of sp³-hybridized carbons (Fsp3) is 0.290. The molecule has 1 fully saturated rings. The molecule has 1 amide bonds.